The summed E-state index contributed by atoms with van der Waals surface area (Å²) >= 11 is 0. The zero-order valence-corrected chi connectivity index (χ0v) is 11.2. The molecule has 1 amide bonds. The molecule has 1 aliphatic rings. The van der Waals surface area contributed by atoms with Gasteiger partial charge in [-0.3, -0.25) is 19.7 Å². The summed E-state index contributed by atoms with van der Waals surface area (Å²) in [5.74, 6) is -2.15. The van der Waals surface area contributed by atoms with E-state index in [0.29, 0.717) is 11.3 Å². The number of benzene rings is 2. The molecule has 3 rings (SSSR count). The summed E-state index contributed by atoms with van der Waals surface area (Å²) < 4.78 is 13.2. The largest absolute Gasteiger partial charge is 0.300 e. The second-order valence-electron chi connectivity index (χ2n) is 4.81. The Kier molecular flexibility index (Phi) is 3.17. The number of nitrogens with zero attached hydrogens (tertiary/aromatic N) is 2. The lowest BCUT2D eigenvalue weighted by Gasteiger charge is -2.16. The highest BCUT2D eigenvalue weighted by atomic mass is 19.1. The molecule has 1 aliphatic heterocycles. The van der Waals surface area contributed by atoms with Crippen molar-refractivity contribution in [1.82, 2.24) is 0 Å². The molecule has 2 aromatic carbocycles. The number of carbonyl (C=O) groups is 2. The van der Waals surface area contributed by atoms with Crippen LogP contribution in [0.4, 0.5) is 15.8 Å². The van der Waals surface area contributed by atoms with E-state index in [0.717, 1.165) is 12.1 Å². The van der Waals surface area contributed by atoms with Crippen molar-refractivity contribution >= 4 is 23.1 Å². The highest BCUT2D eigenvalue weighted by molar-refractivity contribution is 6.52. The number of hydrogen-bond donors (Lipinski definition) is 0. The Labute approximate surface area is 123 Å². The molecule has 0 unspecified atom stereocenters. The maximum atomic E-state index is 13.2. The van der Waals surface area contributed by atoms with Gasteiger partial charge in [-0.1, -0.05) is 12.1 Å². The van der Waals surface area contributed by atoms with E-state index in [1.807, 2.05) is 0 Å². The van der Waals surface area contributed by atoms with E-state index >= 15 is 0 Å². The minimum Gasteiger partial charge on any atom is -0.300 e. The van der Waals surface area contributed by atoms with Crippen molar-refractivity contribution in [2.24, 2.45) is 0 Å². The number of Topliss-reactive ketones (excluding diaryl/α,β-unsaturated/α-hetero) is 1. The van der Waals surface area contributed by atoms with Crippen molar-refractivity contribution in [3.63, 3.8) is 0 Å². The van der Waals surface area contributed by atoms with Crippen LogP contribution in [0.25, 0.3) is 0 Å². The second kappa shape index (κ2) is 5.03. The van der Waals surface area contributed by atoms with Gasteiger partial charge >= 0.3 is 0 Å². The lowest BCUT2D eigenvalue weighted by molar-refractivity contribution is -0.384. The van der Waals surface area contributed by atoms with E-state index in [1.165, 1.54) is 29.2 Å². The maximum absolute atomic E-state index is 13.2. The Morgan fingerprint density at radius 2 is 1.91 bits per heavy atom. The van der Waals surface area contributed by atoms with Crippen molar-refractivity contribution < 1.29 is 18.9 Å². The quantitative estimate of drug-likeness (QED) is 0.495. The number of ketones is 1. The van der Waals surface area contributed by atoms with Crippen LogP contribution >= 0.6 is 0 Å². The molecule has 0 fully saturated rings. The van der Waals surface area contributed by atoms with Crippen LogP contribution in [0, 0.1) is 15.9 Å². The topological polar surface area (TPSA) is 80.5 Å². The van der Waals surface area contributed by atoms with Gasteiger partial charge in [0, 0.05) is 12.1 Å². The number of carbonyl (C=O) groups excluding carboxylic acids is 2. The van der Waals surface area contributed by atoms with Crippen LogP contribution in [0.5, 0.6) is 0 Å². The van der Waals surface area contributed by atoms with Gasteiger partial charge in [-0.25, -0.2) is 4.39 Å². The van der Waals surface area contributed by atoms with Gasteiger partial charge in [0.15, 0.2) is 0 Å². The van der Waals surface area contributed by atoms with Crippen molar-refractivity contribution in [3.8, 4) is 0 Å². The zero-order valence-electron chi connectivity index (χ0n) is 11.2. The standard InChI is InChI=1S/C15H9FN2O4/c16-10-4-5-13-12(7-10)14(19)15(20)17(13)8-9-2-1-3-11(6-9)18(21)22/h1-7H,8H2. The number of nitro groups is 1. The molecule has 0 N–H and O–H groups in total. The molecule has 7 heteroatoms. The Bertz CT molecular complexity index is 819. The Morgan fingerprint density at radius 3 is 2.64 bits per heavy atom. The Morgan fingerprint density at radius 1 is 1.14 bits per heavy atom. The first-order valence-corrected chi connectivity index (χ1v) is 6.36. The minimum atomic E-state index is -0.778. The number of fused-ring (bicyclic) bond motifs is 1. The molecule has 22 heavy (non-hydrogen) atoms. The first kappa shape index (κ1) is 13.9. The molecule has 6 nitrogen and oxygen atoms in total. The predicted molar refractivity (Wildman–Crippen MR) is 75.0 cm³/mol. The average molecular weight is 300 g/mol. The number of amides is 1. The van der Waals surface area contributed by atoms with E-state index in [9.17, 15) is 24.1 Å². The molecular formula is C15H9FN2O4. The fourth-order valence-electron chi connectivity index (χ4n) is 2.38. The molecule has 0 atom stereocenters. The molecule has 0 saturated carbocycles. The van der Waals surface area contributed by atoms with Crippen molar-refractivity contribution in [3.05, 3.63) is 69.5 Å². The third-order valence-electron chi connectivity index (χ3n) is 3.40. The zero-order chi connectivity index (χ0) is 15.9. The highest BCUT2D eigenvalue weighted by Gasteiger charge is 2.36. The van der Waals surface area contributed by atoms with Crippen LogP contribution < -0.4 is 4.90 Å². The van der Waals surface area contributed by atoms with E-state index in [4.69, 9.17) is 0 Å². The first-order chi connectivity index (χ1) is 10.5. The number of anilines is 1. The van der Waals surface area contributed by atoms with E-state index < -0.39 is 22.4 Å². The molecule has 1 heterocycles. The minimum absolute atomic E-state index is 0.00485. The number of nitro benzene ring substituents is 1. The molecule has 0 bridgehead atoms. The maximum Gasteiger partial charge on any atom is 0.299 e. The molecule has 2 aromatic rings. The van der Waals surface area contributed by atoms with Gasteiger partial charge in [-0.2, -0.15) is 0 Å². The summed E-state index contributed by atoms with van der Waals surface area (Å²) in [6.07, 6.45) is 0. The first-order valence-electron chi connectivity index (χ1n) is 6.36. The van der Waals surface area contributed by atoms with E-state index in [2.05, 4.69) is 0 Å². The summed E-state index contributed by atoms with van der Waals surface area (Å²) in [7, 11) is 0. The van der Waals surface area contributed by atoms with Crippen LogP contribution in [0.3, 0.4) is 0 Å². The molecule has 0 radical (unpaired) electrons. The van der Waals surface area contributed by atoms with Crippen LogP contribution in [0.15, 0.2) is 42.5 Å². The monoisotopic (exact) mass is 300 g/mol. The SMILES string of the molecule is O=C1C(=O)N(Cc2cccc([N+](=O)[O-])c2)c2ccc(F)cc21. The van der Waals surface area contributed by atoms with Crippen LogP contribution in [-0.2, 0) is 11.3 Å². The lowest BCUT2D eigenvalue weighted by Crippen LogP contribution is -2.29. The highest BCUT2D eigenvalue weighted by Crippen LogP contribution is 2.31. The fourth-order valence-corrected chi connectivity index (χ4v) is 2.38. The third-order valence-corrected chi connectivity index (χ3v) is 3.40. The van der Waals surface area contributed by atoms with Crippen molar-refractivity contribution in [2.45, 2.75) is 6.54 Å². The number of halogens is 1. The molecule has 0 aliphatic carbocycles. The summed E-state index contributed by atoms with van der Waals surface area (Å²) in [4.78, 5) is 35.3. The Balaban J connectivity index is 1.97. The summed E-state index contributed by atoms with van der Waals surface area (Å²) in [5, 5.41) is 10.8. The van der Waals surface area contributed by atoms with Gasteiger partial charge in [0.1, 0.15) is 5.82 Å². The van der Waals surface area contributed by atoms with Crippen LogP contribution in [0.2, 0.25) is 0 Å². The molecule has 0 saturated heterocycles. The summed E-state index contributed by atoms with van der Waals surface area (Å²) in [6, 6.07) is 9.32. The van der Waals surface area contributed by atoms with Crippen molar-refractivity contribution in [1.29, 1.82) is 0 Å². The average Bonchev–Trinajstić information content (AvgIpc) is 2.72. The Hall–Kier alpha value is -3.09. The second-order valence-corrected chi connectivity index (χ2v) is 4.81. The van der Waals surface area contributed by atoms with Gasteiger partial charge in [0.2, 0.25) is 0 Å². The summed E-state index contributed by atoms with van der Waals surface area (Å²) in [5.41, 5.74) is 0.723. The smallest absolute Gasteiger partial charge is 0.299 e. The number of non-ortho nitro benzene ring substituents is 1. The molecule has 0 spiro atoms. The van der Waals surface area contributed by atoms with E-state index in [-0.39, 0.29) is 17.8 Å². The predicted octanol–water partition coefficient (Wildman–Crippen LogP) is 2.46. The normalized spacial score (nSPS) is 13.4. The van der Waals surface area contributed by atoms with Crippen molar-refractivity contribution in [2.75, 3.05) is 4.90 Å². The van der Waals surface area contributed by atoms with Crippen LogP contribution in [-0.4, -0.2) is 16.6 Å². The van der Waals surface area contributed by atoms with Gasteiger partial charge in [-0.05, 0) is 23.8 Å². The molecular weight excluding hydrogens is 291 g/mol. The van der Waals surface area contributed by atoms with Crippen LogP contribution in [0.1, 0.15) is 15.9 Å². The number of hydrogen-bond acceptors (Lipinski definition) is 4. The number of rotatable bonds is 3. The van der Waals surface area contributed by atoms with Gasteiger partial charge in [0.25, 0.3) is 17.4 Å². The third kappa shape index (κ3) is 2.22. The fraction of sp³-hybridized carbons (Fsp3) is 0.0667. The van der Waals surface area contributed by atoms with Gasteiger partial charge in [0.05, 0.1) is 22.7 Å². The molecule has 0 aromatic heterocycles. The molecule has 110 valence electrons. The lowest BCUT2D eigenvalue weighted by atomic mass is 10.1. The summed E-state index contributed by atoms with van der Waals surface area (Å²) in [6.45, 7) is 0.00485. The van der Waals surface area contributed by atoms with Gasteiger partial charge < -0.3 is 4.90 Å². The van der Waals surface area contributed by atoms with Gasteiger partial charge in [-0.15, -0.1) is 0 Å². The van der Waals surface area contributed by atoms with E-state index in [1.54, 1.807) is 6.07 Å².